The lowest BCUT2D eigenvalue weighted by molar-refractivity contribution is 0.0952. The van der Waals surface area contributed by atoms with Crippen molar-refractivity contribution in [1.82, 2.24) is 5.43 Å². The quantitative estimate of drug-likeness (QED) is 0.574. The number of amides is 1. The van der Waals surface area contributed by atoms with Gasteiger partial charge < -0.3 is 5.11 Å². The number of hydrogen-bond acceptors (Lipinski definition) is 3. The summed E-state index contributed by atoms with van der Waals surface area (Å²) in [6.07, 6.45) is 1.57. The largest absolute Gasteiger partial charge is 0.507 e. The molecule has 0 spiro atoms. The van der Waals surface area contributed by atoms with Crippen molar-refractivity contribution in [3.8, 4) is 5.75 Å². The van der Waals surface area contributed by atoms with E-state index >= 15 is 0 Å². The first-order valence-electron chi connectivity index (χ1n) is 6.84. The van der Waals surface area contributed by atoms with Crippen LogP contribution >= 0.6 is 0 Å². The van der Waals surface area contributed by atoms with Crippen LogP contribution in [0.4, 0.5) is 0 Å². The average molecular weight is 290 g/mol. The SMILES string of the molecule is O=C(NN=Cc1ccc2ccccc2c1)c1ccccc1O. The summed E-state index contributed by atoms with van der Waals surface area (Å²) in [5.41, 5.74) is 3.49. The molecule has 0 heterocycles. The van der Waals surface area contributed by atoms with Gasteiger partial charge in [0.2, 0.25) is 0 Å². The monoisotopic (exact) mass is 290 g/mol. The van der Waals surface area contributed by atoms with Crippen LogP contribution in [0.5, 0.6) is 5.75 Å². The minimum Gasteiger partial charge on any atom is -0.507 e. The van der Waals surface area contributed by atoms with Gasteiger partial charge in [-0.2, -0.15) is 5.10 Å². The number of fused-ring (bicyclic) bond motifs is 1. The predicted octanol–water partition coefficient (Wildman–Crippen LogP) is 3.31. The van der Waals surface area contributed by atoms with Crippen LogP contribution in [0.15, 0.2) is 71.8 Å². The number of nitrogens with one attached hydrogen (secondary N) is 1. The summed E-state index contributed by atoms with van der Waals surface area (Å²) in [6.45, 7) is 0. The molecule has 0 aliphatic carbocycles. The zero-order valence-electron chi connectivity index (χ0n) is 11.7. The lowest BCUT2D eigenvalue weighted by atomic mass is 10.1. The van der Waals surface area contributed by atoms with Crippen molar-refractivity contribution in [3.63, 3.8) is 0 Å². The fourth-order valence-corrected chi connectivity index (χ4v) is 2.18. The normalized spacial score (nSPS) is 10.9. The molecule has 3 rings (SSSR count). The van der Waals surface area contributed by atoms with E-state index in [2.05, 4.69) is 10.5 Å². The summed E-state index contributed by atoms with van der Waals surface area (Å²) in [7, 11) is 0. The summed E-state index contributed by atoms with van der Waals surface area (Å²) < 4.78 is 0. The third-order valence-electron chi connectivity index (χ3n) is 3.30. The first-order chi connectivity index (χ1) is 10.7. The highest BCUT2D eigenvalue weighted by Gasteiger charge is 2.08. The van der Waals surface area contributed by atoms with Crippen molar-refractivity contribution in [1.29, 1.82) is 0 Å². The molecule has 3 aromatic carbocycles. The molecule has 0 fully saturated rings. The summed E-state index contributed by atoms with van der Waals surface area (Å²) in [4.78, 5) is 11.9. The van der Waals surface area contributed by atoms with Gasteiger partial charge in [-0.05, 0) is 34.5 Å². The average Bonchev–Trinajstić information content (AvgIpc) is 2.55. The summed E-state index contributed by atoms with van der Waals surface area (Å²) in [5.74, 6) is -0.518. The van der Waals surface area contributed by atoms with Crippen molar-refractivity contribution < 1.29 is 9.90 Å². The van der Waals surface area contributed by atoms with Gasteiger partial charge in [0.1, 0.15) is 5.75 Å². The van der Waals surface area contributed by atoms with E-state index in [1.165, 1.54) is 12.1 Å². The number of rotatable bonds is 3. The zero-order valence-corrected chi connectivity index (χ0v) is 11.7. The third-order valence-corrected chi connectivity index (χ3v) is 3.30. The van der Waals surface area contributed by atoms with Crippen LogP contribution in [-0.2, 0) is 0 Å². The molecule has 1 amide bonds. The molecular formula is C18H14N2O2. The predicted molar refractivity (Wildman–Crippen MR) is 87.1 cm³/mol. The van der Waals surface area contributed by atoms with Gasteiger partial charge in [-0.15, -0.1) is 0 Å². The molecule has 0 saturated carbocycles. The highest BCUT2D eigenvalue weighted by molar-refractivity contribution is 5.97. The van der Waals surface area contributed by atoms with E-state index in [9.17, 15) is 9.90 Å². The van der Waals surface area contributed by atoms with E-state index < -0.39 is 5.91 Å². The smallest absolute Gasteiger partial charge is 0.275 e. The van der Waals surface area contributed by atoms with Crippen molar-refractivity contribution in [3.05, 3.63) is 77.9 Å². The Morgan fingerprint density at radius 3 is 2.50 bits per heavy atom. The first-order valence-corrected chi connectivity index (χ1v) is 6.84. The van der Waals surface area contributed by atoms with Crippen LogP contribution in [0, 0.1) is 0 Å². The van der Waals surface area contributed by atoms with E-state index in [1.54, 1.807) is 18.3 Å². The standard InChI is InChI=1S/C18H14N2O2/c21-17-8-4-3-7-16(17)18(22)20-19-12-13-9-10-14-5-1-2-6-15(14)11-13/h1-12,21H,(H,20,22). The number of aromatic hydroxyl groups is 1. The van der Waals surface area contributed by atoms with E-state index in [4.69, 9.17) is 0 Å². The van der Waals surface area contributed by atoms with Crippen LogP contribution in [0.1, 0.15) is 15.9 Å². The van der Waals surface area contributed by atoms with Crippen LogP contribution in [0.25, 0.3) is 10.8 Å². The number of hydrazone groups is 1. The second-order valence-corrected chi connectivity index (χ2v) is 4.82. The lowest BCUT2D eigenvalue weighted by Gasteiger charge is -2.02. The molecule has 22 heavy (non-hydrogen) atoms. The maximum Gasteiger partial charge on any atom is 0.275 e. The Labute approximate surface area is 127 Å². The van der Waals surface area contributed by atoms with Crippen LogP contribution in [0.2, 0.25) is 0 Å². The highest BCUT2D eigenvalue weighted by Crippen LogP contribution is 2.16. The second-order valence-electron chi connectivity index (χ2n) is 4.82. The lowest BCUT2D eigenvalue weighted by Crippen LogP contribution is -2.17. The fraction of sp³-hybridized carbons (Fsp3) is 0. The molecule has 0 unspecified atom stereocenters. The molecule has 0 bridgehead atoms. The van der Waals surface area contributed by atoms with Gasteiger partial charge in [0.05, 0.1) is 11.8 Å². The Kier molecular flexibility index (Phi) is 3.83. The molecule has 4 nitrogen and oxygen atoms in total. The highest BCUT2D eigenvalue weighted by atomic mass is 16.3. The maximum atomic E-state index is 11.9. The van der Waals surface area contributed by atoms with Crippen molar-refractivity contribution in [2.45, 2.75) is 0 Å². The molecule has 0 aliphatic rings. The minimum absolute atomic E-state index is 0.0686. The Hall–Kier alpha value is -3.14. The maximum absolute atomic E-state index is 11.9. The van der Waals surface area contributed by atoms with Gasteiger partial charge in [0.15, 0.2) is 0 Å². The van der Waals surface area contributed by atoms with Crippen LogP contribution in [0.3, 0.4) is 0 Å². The van der Waals surface area contributed by atoms with Crippen molar-refractivity contribution in [2.75, 3.05) is 0 Å². The van der Waals surface area contributed by atoms with E-state index in [1.807, 2.05) is 42.5 Å². The van der Waals surface area contributed by atoms with Gasteiger partial charge in [-0.25, -0.2) is 5.43 Å². The molecule has 0 aliphatic heterocycles. The Morgan fingerprint density at radius 1 is 0.955 bits per heavy atom. The number of carbonyl (C=O) groups excluding carboxylic acids is 1. The van der Waals surface area contributed by atoms with Gasteiger partial charge in [-0.1, -0.05) is 48.5 Å². The number of nitrogens with zero attached hydrogens (tertiary/aromatic N) is 1. The molecule has 108 valence electrons. The molecule has 0 atom stereocenters. The third kappa shape index (κ3) is 2.96. The van der Waals surface area contributed by atoms with Crippen molar-refractivity contribution in [2.24, 2.45) is 5.10 Å². The van der Waals surface area contributed by atoms with E-state index in [0.29, 0.717) is 0 Å². The van der Waals surface area contributed by atoms with E-state index in [0.717, 1.165) is 16.3 Å². The van der Waals surface area contributed by atoms with Crippen molar-refractivity contribution >= 4 is 22.9 Å². The van der Waals surface area contributed by atoms with Gasteiger partial charge in [0.25, 0.3) is 5.91 Å². The molecule has 0 saturated heterocycles. The molecular weight excluding hydrogens is 276 g/mol. The summed E-state index contributed by atoms with van der Waals surface area (Å²) in [5, 5.41) is 15.8. The number of phenolic OH excluding ortho intramolecular Hbond substituents is 1. The Morgan fingerprint density at radius 2 is 1.68 bits per heavy atom. The second kappa shape index (κ2) is 6.10. The van der Waals surface area contributed by atoms with Crippen LogP contribution < -0.4 is 5.43 Å². The fourth-order valence-electron chi connectivity index (χ4n) is 2.18. The zero-order chi connectivity index (χ0) is 15.4. The number of hydrogen-bond donors (Lipinski definition) is 2. The number of phenols is 1. The topological polar surface area (TPSA) is 61.7 Å². The molecule has 0 radical (unpaired) electrons. The Bertz CT molecular complexity index is 856. The van der Waals surface area contributed by atoms with Gasteiger partial charge >= 0.3 is 0 Å². The minimum atomic E-state index is -0.449. The number of benzene rings is 3. The molecule has 3 aromatic rings. The van der Waals surface area contributed by atoms with Gasteiger partial charge in [-0.3, -0.25) is 4.79 Å². The molecule has 2 N–H and O–H groups in total. The Balaban J connectivity index is 1.73. The summed E-state index contributed by atoms with van der Waals surface area (Å²) >= 11 is 0. The number of para-hydroxylation sites is 1. The molecule has 4 heteroatoms. The first kappa shape index (κ1) is 13.8. The van der Waals surface area contributed by atoms with Crippen LogP contribution in [-0.4, -0.2) is 17.2 Å². The summed E-state index contributed by atoms with van der Waals surface area (Å²) in [6, 6.07) is 20.3. The number of carbonyl (C=O) groups is 1. The molecule has 0 aromatic heterocycles. The van der Waals surface area contributed by atoms with E-state index in [-0.39, 0.29) is 11.3 Å². The van der Waals surface area contributed by atoms with Gasteiger partial charge in [0, 0.05) is 0 Å².